The van der Waals surface area contributed by atoms with Gasteiger partial charge in [-0.2, -0.15) is 0 Å². The van der Waals surface area contributed by atoms with Crippen molar-refractivity contribution in [1.29, 1.82) is 0 Å². The van der Waals surface area contributed by atoms with Crippen LogP contribution in [0, 0.1) is 5.41 Å². The van der Waals surface area contributed by atoms with Gasteiger partial charge in [-0.15, -0.1) is 0 Å². The van der Waals surface area contributed by atoms with Gasteiger partial charge in [-0.3, -0.25) is 0 Å². The second kappa shape index (κ2) is 4.70. The van der Waals surface area contributed by atoms with Crippen LogP contribution < -0.4 is 5.32 Å². The minimum absolute atomic E-state index is 0.102. The quantitative estimate of drug-likeness (QED) is 0.856. The molecule has 0 amide bonds. The molecule has 1 aromatic rings. The number of hydrogen-bond acceptors (Lipinski definition) is 3. The molecule has 1 aromatic heterocycles. The number of carbonyl (C=O) groups is 1. The Morgan fingerprint density at radius 2 is 2.12 bits per heavy atom. The van der Waals surface area contributed by atoms with Gasteiger partial charge < -0.3 is 10.4 Å². The second-order valence-corrected chi connectivity index (χ2v) is 5.15. The van der Waals surface area contributed by atoms with Gasteiger partial charge in [0.1, 0.15) is 5.82 Å². The summed E-state index contributed by atoms with van der Waals surface area (Å²) in [6.07, 6.45) is 0. The van der Waals surface area contributed by atoms with Gasteiger partial charge in [0, 0.05) is 6.54 Å². The number of nitrogens with one attached hydrogen (secondary N) is 1. The summed E-state index contributed by atoms with van der Waals surface area (Å²) in [6.45, 7) is 6.94. The van der Waals surface area contributed by atoms with Crippen molar-refractivity contribution in [2.45, 2.75) is 20.8 Å². The van der Waals surface area contributed by atoms with E-state index in [2.05, 4.69) is 31.1 Å². The predicted octanol–water partition coefficient (Wildman–Crippen LogP) is 2.89. The lowest BCUT2D eigenvalue weighted by molar-refractivity contribution is 0.0691. The third-order valence-electron chi connectivity index (χ3n) is 1.85. The maximum Gasteiger partial charge on any atom is 0.356 e. The molecular weight excluding hydrogens is 228 g/mol. The Hall–Kier alpha value is -1.29. The van der Waals surface area contributed by atoms with Gasteiger partial charge in [0.15, 0.2) is 5.69 Å². The smallest absolute Gasteiger partial charge is 0.356 e. The molecule has 0 atom stereocenters. The Bertz CT molecular complexity index is 399. The van der Waals surface area contributed by atoms with Gasteiger partial charge in [-0.1, -0.05) is 32.4 Å². The third kappa shape index (κ3) is 3.70. The third-order valence-corrected chi connectivity index (χ3v) is 2.15. The average molecular weight is 243 g/mol. The van der Waals surface area contributed by atoms with Gasteiger partial charge >= 0.3 is 5.97 Å². The molecule has 1 rings (SSSR count). The Kier molecular flexibility index (Phi) is 3.75. The van der Waals surface area contributed by atoms with E-state index < -0.39 is 5.97 Å². The van der Waals surface area contributed by atoms with Gasteiger partial charge in [0.2, 0.25) is 0 Å². The van der Waals surface area contributed by atoms with E-state index in [1.54, 1.807) is 6.07 Å². The number of anilines is 1. The first-order valence-corrected chi connectivity index (χ1v) is 5.31. The maximum atomic E-state index is 10.8. The van der Waals surface area contributed by atoms with Crippen molar-refractivity contribution in [3.05, 3.63) is 22.8 Å². The molecule has 0 spiro atoms. The van der Waals surface area contributed by atoms with E-state index in [0.717, 1.165) is 0 Å². The van der Waals surface area contributed by atoms with Crippen LogP contribution in [0.3, 0.4) is 0 Å². The molecule has 0 radical (unpaired) electrons. The number of carboxylic acids is 1. The highest BCUT2D eigenvalue weighted by molar-refractivity contribution is 6.33. The lowest BCUT2D eigenvalue weighted by Gasteiger charge is -2.19. The summed E-state index contributed by atoms with van der Waals surface area (Å²) in [6, 6.07) is 3.20. The van der Waals surface area contributed by atoms with Crippen LogP contribution in [-0.2, 0) is 0 Å². The van der Waals surface area contributed by atoms with Crippen molar-refractivity contribution in [3.8, 4) is 0 Å². The maximum absolute atomic E-state index is 10.8. The fourth-order valence-electron chi connectivity index (χ4n) is 1.05. The highest BCUT2D eigenvalue weighted by Gasteiger charge is 2.13. The molecule has 16 heavy (non-hydrogen) atoms. The molecule has 0 aliphatic heterocycles. The molecule has 0 bridgehead atoms. The van der Waals surface area contributed by atoms with Crippen LogP contribution in [0.4, 0.5) is 5.82 Å². The molecule has 88 valence electrons. The Morgan fingerprint density at radius 1 is 1.50 bits per heavy atom. The zero-order chi connectivity index (χ0) is 12.3. The molecule has 2 N–H and O–H groups in total. The number of nitrogens with zero attached hydrogens (tertiary/aromatic N) is 1. The molecule has 0 unspecified atom stereocenters. The summed E-state index contributed by atoms with van der Waals surface area (Å²) in [5, 5.41) is 12.1. The fraction of sp³-hybridized carbons (Fsp3) is 0.455. The second-order valence-electron chi connectivity index (χ2n) is 4.75. The van der Waals surface area contributed by atoms with Crippen molar-refractivity contribution < 1.29 is 9.90 Å². The number of aromatic carboxylic acids is 1. The number of halogens is 1. The van der Waals surface area contributed by atoms with Crippen LogP contribution in [-0.4, -0.2) is 22.6 Å². The largest absolute Gasteiger partial charge is 0.476 e. The number of hydrogen-bond donors (Lipinski definition) is 2. The van der Waals surface area contributed by atoms with Crippen molar-refractivity contribution in [2.75, 3.05) is 11.9 Å². The van der Waals surface area contributed by atoms with E-state index in [1.165, 1.54) is 6.07 Å². The van der Waals surface area contributed by atoms with E-state index in [9.17, 15) is 4.79 Å². The number of pyridine rings is 1. The minimum Gasteiger partial charge on any atom is -0.476 e. The molecular formula is C11H15ClN2O2. The van der Waals surface area contributed by atoms with Crippen LogP contribution in [0.5, 0.6) is 0 Å². The molecule has 0 saturated heterocycles. The summed E-state index contributed by atoms with van der Waals surface area (Å²) in [4.78, 5) is 14.7. The van der Waals surface area contributed by atoms with Crippen LogP contribution in [0.25, 0.3) is 0 Å². The van der Waals surface area contributed by atoms with Crippen molar-refractivity contribution in [3.63, 3.8) is 0 Å². The highest BCUT2D eigenvalue weighted by atomic mass is 35.5. The van der Waals surface area contributed by atoms with E-state index in [4.69, 9.17) is 16.7 Å². The summed E-state index contributed by atoms with van der Waals surface area (Å²) >= 11 is 5.71. The van der Waals surface area contributed by atoms with E-state index in [-0.39, 0.29) is 16.1 Å². The average Bonchev–Trinajstić information content (AvgIpc) is 2.14. The minimum atomic E-state index is -1.12. The predicted molar refractivity (Wildman–Crippen MR) is 64.2 cm³/mol. The topological polar surface area (TPSA) is 62.2 Å². The Balaban J connectivity index is 2.83. The molecule has 0 aliphatic rings. The zero-order valence-electron chi connectivity index (χ0n) is 9.54. The van der Waals surface area contributed by atoms with Crippen LogP contribution in [0.2, 0.25) is 5.02 Å². The van der Waals surface area contributed by atoms with E-state index in [0.29, 0.717) is 12.4 Å². The van der Waals surface area contributed by atoms with Crippen LogP contribution in [0.1, 0.15) is 31.3 Å². The highest BCUT2D eigenvalue weighted by Crippen LogP contribution is 2.18. The normalized spacial score (nSPS) is 11.2. The SMILES string of the molecule is CC(C)(C)CNc1ccc(Cl)c(C(=O)O)n1. The van der Waals surface area contributed by atoms with Crippen molar-refractivity contribution in [2.24, 2.45) is 5.41 Å². The first-order chi connectivity index (χ1) is 7.29. The summed E-state index contributed by atoms with van der Waals surface area (Å²) in [5.74, 6) is -0.596. The number of rotatable bonds is 3. The standard InChI is InChI=1S/C11H15ClN2O2/c1-11(2,3)6-13-8-5-4-7(12)9(14-8)10(15)16/h4-5H,6H2,1-3H3,(H,13,14)(H,15,16). The molecule has 0 aliphatic carbocycles. The van der Waals surface area contributed by atoms with Crippen LogP contribution in [0.15, 0.2) is 12.1 Å². The van der Waals surface area contributed by atoms with Gasteiger partial charge in [-0.25, -0.2) is 9.78 Å². The molecule has 0 aromatic carbocycles. The number of carboxylic acid groups (broad SMARTS) is 1. The first kappa shape index (κ1) is 12.8. The lowest BCUT2D eigenvalue weighted by atomic mass is 9.97. The summed E-state index contributed by atoms with van der Waals surface area (Å²) < 4.78 is 0. The summed E-state index contributed by atoms with van der Waals surface area (Å²) in [5.41, 5.74) is -0.0226. The fourth-order valence-corrected chi connectivity index (χ4v) is 1.23. The lowest BCUT2D eigenvalue weighted by Crippen LogP contribution is -2.20. The molecule has 4 nitrogen and oxygen atoms in total. The van der Waals surface area contributed by atoms with Crippen LogP contribution >= 0.6 is 11.6 Å². The van der Waals surface area contributed by atoms with Gasteiger partial charge in [0.05, 0.1) is 5.02 Å². The number of aromatic nitrogens is 1. The van der Waals surface area contributed by atoms with Gasteiger partial charge in [-0.05, 0) is 17.5 Å². The Labute approximate surface area is 99.6 Å². The molecule has 0 fully saturated rings. The molecule has 0 saturated carbocycles. The Morgan fingerprint density at radius 3 is 2.62 bits per heavy atom. The zero-order valence-corrected chi connectivity index (χ0v) is 10.3. The van der Waals surface area contributed by atoms with Gasteiger partial charge in [0.25, 0.3) is 0 Å². The van der Waals surface area contributed by atoms with Crippen molar-refractivity contribution >= 4 is 23.4 Å². The van der Waals surface area contributed by atoms with E-state index in [1.807, 2.05) is 0 Å². The summed E-state index contributed by atoms with van der Waals surface area (Å²) in [7, 11) is 0. The van der Waals surface area contributed by atoms with Crippen molar-refractivity contribution in [1.82, 2.24) is 4.98 Å². The molecule has 1 heterocycles. The first-order valence-electron chi connectivity index (χ1n) is 4.93. The van der Waals surface area contributed by atoms with E-state index >= 15 is 0 Å². The molecule has 5 heteroatoms. The monoisotopic (exact) mass is 242 g/mol.